The molecule has 0 spiro atoms. The zero-order valence-corrected chi connectivity index (χ0v) is 14.5. The SMILES string of the molecule is COc1ccc2ccccc2c1CN[C@H](C)CCc1ccccc1. The van der Waals surface area contributed by atoms with Gasteiger partial charge in [-0.15, -0.1) is 0 Å². The molecule has 3 rings (SSSR count). The third-order valence-corrected chi connectivity index (χ3v) is 4.55. The highest BCUT2D eigenvalue weighted by atomic mass is 16.5. The Morgan fingerprint density at radius 2 is 1.67 bits per heavy atom. The summed E-state index contributed by atoms with van der Waals surface area (Å²) in [7, 11) is 1.74. The van der Waals surface area contributed by atoms with E-state index in [-0.39, 0.29) is 0 Å². The number of fused-ring (bicyclic) bond motifs is 1. The van der Waals surface area contributed by atoms with E-state index in [2.05, 4.69) is 79.0 Å². The van der Waals surface area contributed by atoms with Crippen LogP contribution in [0.4, 0.5) is 0 Å². The van der Waals surface area contributed by atoms with Crippen molar-refractivity contribution in [3.05, 3.63) is 77.9 Å². The fourth-order valence-electron chi connectivity index (χ4n) is 3.10. The summed E-state index contributed by atoms with van der Waals surface area (Å²) in [6, 6.07) is 23.8. The second kappa shape index (κ2) is 7.98. The first-order chi connectivity index (χ1) is 11.8. The molecule has 0 heterocycles. The van der Waals surface area contributed by atoms with Crippen LogP contribution in [-0.4, -0.2) is 13.2 Å². The fraction of sp³-hybridized carbons (Fsp3) is 0.273. The Balaban J connectivity index is 1.66. The Morgan fingerprint density at radius 3 is 2.46 bits per heavy atom. The van der Waals surface area contributed by atoms with Crippen LogP contribution >= 0.6 is 0 Å². The molecular formula is C22H25NO. The van der Waals surface area contributed by atoms with Crippen LogP contribution in [0.15, 0.2) is 66.7 Å². The van der Waals surface area contributed by atoms with Crippen LogP contribution in [0.3, 0.4) is 0 Å². The van der Waals surface area contributed by atoms with Crippen molar-refractivity contribution in [2.45, 2.75) is 32.4 Å². The van der Waals surface area contributed by atoms with Gasteiger partial charge in [0.05, 0.1) is 7.11 Å². The molecule has 1 atom stereocenters. The number of aryl methyl sites for hydroxylation is 1. The van der Waals surface area contributed by atoms with Crippen LogP contribution < -0.4 is 10.1 Å². The van der Waals surface area contributed by atoms with Crippen molar-refractivity contribution in [3.8, 4) is 5.75 Å². The number of hydrogen-bond donors (Lipinski definition) is 1. The molecule has 0 bridgehead atoms. The van der Waals surface area contributed by atoms with Crippen LogP contribution in [-0.2, 0) is 13.0 Å². The van der Waals surface area contributed by atoms with Gasteiger partial charge in [0, 0.05) is 18.2 Å². The third-order valence-electron chi connectivity index (χ3n) is 4.55. The highest BCUT2D eigenvalue weighted by molar-refractivity contribution is 5.87. The Hall–Kier alpha value is -2.32. The van der Waals surface area contributed by atoms with Crippen molar-refractivity contribution in [1.29, 1.82) is 0 Å². The second-order valence-corrected chi connectivity index (χ2v) is 6.27. The monoisotopic (exact) mass is 319 g/mol. The minimum atomic E-state index is 0.453. The molecule has 0 saturated heterocycles. The largest absolute Gasteiger partial charge is 0.496 e. The maximum atomic E-state index is 5.58. The molecule has 0 radical (unpaired) electrons. The molecule has 3 aromatic carbocycles. The molecule has 0 fully saturated rings. The van der Waals surface area contributed by atoms with Gasteiger partial charge in [0.1, 0.15) is 5.75 Å². The molecule has 24 heavy (non-hydrogen) atoms. The molecule has 2 heteroatoms. The molecule has 0 aliphatic carbocycles. The molecule has 0 aromatic heterocycles. The van der Waals surface area contributed by atoms with Crippen molar-refractivity contribution in [2.24, 2.45) is 0 Å². The average Bonchev–Trinajstić information content (AvgIpc) is 2.65. The van der Waals surface area contributed by atoms with E-state index in [4.69, 9.17) is 4.74 Å². The molecule has 1 N–H and O–H groups in total. The Labute approximate surface area is 144 Å². The minimum absolute atomic E-state index is 0.453. The zero-order chi connectivity index (χ0) is 16.8. The first-order valence-electron chi connectivity index (χ1n) is 8.60. The van der Waals surface area contributed by atoms with E-state index in [1.54, 1.807) is 7.11 Å². The van der Waals surface area contributed by atoms with Gasteiger partial charge >= 0.3 is 0 Å². The van der Waals surface area contributed by atoms with Crippen molar-refractivity contribution in [3.63, 3.8) is 0 Å². The number of benzene rings is 3. The highest BCUT2D eigenvalue weighted by Crippen LogP contribution is 2.28. The maximum Gasteiger partial charge on any atom is 0.123 e. The number of ether oxygens (including phenoxy) is 1. The van der Waals surface area contributed by atoms with Crippen LogP contribution in [0.1, 0.15) is 24.5 Å². The first kappa shape index (κ1) is 16.5. The summed E-state index contributed by atoms with van der Waals surface area (Å²) in [5.41, 5.74) is 2.64. The van der Waals surface area contributed by atoms with E-state index in [1.165, 1.54) is 21.9 Å². The predicted molar refractivity (Wildman–Crippen MR) is 102 cm³/mol. The molecule has 0 unspecified atom stereocenters. The Morgan fingerprint density at radius 1 is 0.917 bits per heavy atom. The molecule has 0 aliphatic heterocycles. The van der Waals surface area contributed by atoms with E-state index in [0.29, 0.717) is 6.04 Å². The first-order valence-corrected chi connectivity index (χ1v) is 8.60. The number of methoxy groups -OCH3 is 1. The lowest BCUT2D eigenvalue weighted by molar-refractivity contribution is 0.406. The molecule has 0 aliphatic rings. The van der Waals surface area contributed by atoms with Gasteiger partial charge in [0.2, 0.25) is 0 Å². The summed E-state index contributed by atoms with van der Waals surface area (Å²) in [5.74, 6) is 0.955. The summed E-state index contributed by atoms with van der Waals surface area (Å²) >= 11 is 0. The van der Waals surface area contributed by atoms with E-state index >= 15 is 0 Å². The van der Waals surface area contributed by atoms with Gasteiger partial charge in [0.15, 0.2) is 0 Å². The van der Waals surface area contributed by atoms with Gasteiger partial charge in [-0.25, -0.2) is 0 Å². The fourth-order valence-corrected chi connectivity index (χ4v) is 3.10. The quantitative estimate of drug-likeness (QED) is 0.664. The van der Waals surface area contributed by atoms with Gasteiger partial charge in [-0.2, -0.15) is 0 Å². The lowest BCUT2D eigenvalue weighted by Crippen LogP contribution is -2.26. The van der Waals surface area contributed by atoms with Gasteiger partial charge in [0.25, 0.3) is 0 Å². The van der Waals surface area contributed by atoms with E-state index in [9.17, 15) is 0 Å². The normalized spacial score (nSPS) is 12.2. The van der Waals surface area contributed by atoms with Gasteiger partial charge in [-0.05, 0) is 42.2 Å². The molecule has 0 amide bonds. The summed E-state index contributed by atoms with van der Waals surface area (Å²) < 4.78 is 5.58. The Bertz CT molecular complexity index is 782. The van der Waals surface area contributed by atoms with Crippen molar-refractivity contribution in [1.82, 2.24) is 5.32 Å². The summed E-state index contributed by atoms with van der Waals surface area (Å²) in [5, 5.41) is 6.18. The maximum absolute atomic E-state index is 5.58. The second-order valence-electron chi connectivity index (χ2n) is 6.27. The summed E-state index contributed by atoms with van der Waals surface area (Å²) in [6.45, 7) is 3.07. The number of rotatable bonds is 7. The average molecular weight is 319 g/mol. The lowest BCUT2D eigenvalue weighted by atomic mass is 10.0. The van der Waals surface area contributed by atoms with Crippen molar-refractivity contribution < 1.29 is 4.74 Å². The summed E-state index contributed by atoms with van der Waals surface area (Å²) in [6.07, 6.45) is 2.22. The zero-order valence-electron chi connectivity index (χ0n) is 14.5. The third kappa shape index (κ3) is 3.95. The van der Waals surface area contributed by atoms with Crippen molar-refractivity contribution >= 4 is 10.8 Å². The van der Waals surface area contributed by atoms with Gasteiger partial charge in [-0.3, -0.25) is 0 Å². The van der Waals surface area contributed by atoms with Crippen LogP contribution in [0.25, 0.3) is 10.8 Å². The van der Waals surface area contributed by atoms with Crippen LogP contribution in [0, 0.1) is 0 Å². The number of hydrogen-bond acceptors (Lipinski definition) is 2. The topological polar surface area (TPSA) is 21.3 Å². The molecular weight excluding hydrogens is 294 g/mol. The molecule has 3 aromatic rings. The van der Waals surface area contributed by atoms with Crippen LogP contribution in [0.2, 0.25) is 0 Å². The molecule has 124 valence electrons. The van der Waals surface area contributed by atoms with E-state index in [0.717, 1.165) is 25.1 Å². The molecule has 2 nitrogen and oxygen atoms in total. The smallest absolute Gasteiger partial charge is 0.123 e. The summed E-state index contributed by atoms with van der Waals surface area (Å²) in [4.78, 5) is 0. The van der Waals surface area contributed by atoms with Gasteiger partial charge in [-0.1, -0.05) is 60.7 Å². The number of nitrogens with one attached hydrogen (secondary N) is 1. The standard InChI is InChI=1S/C22H25NO/c1-17(12-13-18-8-4-3-5-9-18)23-16-21-20-11-7-6-10-19(20)14-15-22(21)24-2/h3-11,14-15,17,23H,12-13,16H2,1-2H3/t17-/m1/s1. The Kier molecular flexibility index (Phi) is 5.50. The van der Waals surface area contributed by atoms with Crippen molar-refractivity contribution in [2.75, 3.05) is 7.11 Å². The lowest BCUT2D eigenvalue weighted by Gasteiger charge is -2.17. The van der Waals surface area contributed by atoms with Gasteiger partial charge < -0.3 is 10.1 Å². The van der Waals surface area contributed by atoms with Crippen LogP contribution in [0.5, 0.6) is 5.75 Å². The highest BCUT2D eigenvalue weighted by Gasteiger charge is 2.10. The van der Waals surface area contributed by atoms with E-state index in [1.807, 2.05) is 0 Å². The minimum Gasteiger partial charge on any atom is -0.496 e. The van der Waals surface area contributed by atoms with E-state index < -0.39 is 0 Å². The predicted octanol–water partition coefficient (Wildman–Crippen LogP) is 4.96. The molecule has 0 saturated carbocycles.